The smallest absolute Gasteiger partial charge is 0.306 e. The fraction of sp³-hybridized carbons (Fsp3) is 0.818. The molecule has 6 unspecified atom stereocenters. The second-order valence-corrected chi connectivity index (χ2v) is 16.8. The second-order valence-electron chi connectivity index (χ2n) is 15.3. The Morgan fingerprint density at radius 3 is 1.65 bits per heavy atom. The fourth-order valence-corrected chi connectivity index (χ4v) is 7.26. The Hall–Kier alpha value is -2.13. The van der Waals surface area contributed by atoms with Crippen molar-refractivity contribution in [2.45, 2.75) is 211 Å². The van der Waals surface area contributed by atoms with Gasteiger partial charge in [-0.15, -0.1) is 0 Å². The summed E-state index contributed by atoms with van der Waals surface area (Å²) >= 11 is 0. The number of aliphatic hydroxyl groups excluding tert-OH is 3. The van der Waals surface area contributed by atoms with Gasteiger partial charge in [0.1, 0.15) is 36.8 Å². The van der Waals surface area contributed by atoms with Crippen LogP contribution in [0.4, 0.5) is 0 Å². The first-order valence-electron chi connectivity index (χ1n) is 22.0. The number of carbonyl (C=O) groups is 2. The third-order valence-electron chi connectivity index (χ3n) is 9.98. The van der Waals surface area contributed by atoms with Gasteiger partial charge in [-0.3, -0.25) is 14.1 Å². The predicted molar refractivity (Wildman–Crippen MR) is 224 cm³/mol. The average Bonchev–Trinajstić information content (AvgIpc) is 3.17. The zero-order chi connectivity index (χ0) is 42.0. The van der Waals surface area contributed by atoms with Crippen LogP contribution < -0.4 is 0 Å². The summed E-state index contributed by atoms with van der Waals surface area (Å²) in [4.78, 5) is 25.4. The Balaban J connectivity index is 2.47. The average molecular weight is 831 g/mol. The van der Waals surface area contributed by atoms with Crippen LogP contribution in [0.15, 0.2) is 36.5 Å². The summed E-state index contributed by atoms with van der Waals surface area (Å²) in [6, 6.07) is 0. The summed E-state index contributed by atoms with van der Waals surface area (Å²) in [6.07, 6.45) is 29.0. The second kappa shape index (κ2) is 34.7. The first kappa shape index (κ1) is 52.9. The number of carbonyl (C=O) groups excluding carboxylic acids is 2. The minimum Gasteiger partial charge on any atom is -0.462 e. The van der Waals surface area contributed by atoms with E-state index >= 15 is 0 Å². The first-order chi connectivity index (χ1) is 27.5. The SMILES string of the molecule is CC/C=C\C/C=C\C/C=C\CCCCCCCC(=O)OC(COC(=O)CCCCCCCCCCCCCCCC)COC1OC(CS(=O)(=O)O)C(O)C(O)C1O. The molecule has 1 aliphatic rings. The molecule has 0 bridgehead atoms. The van der Waals surface area contributed by atoms with Gasteiger partial charge in [-0.2, -0.15) is 8.42 Å². The van der Waals surface area contributed by atoms with E-state index in [4.69, 9.17) is 18.9 Å². The Bertz CT molecular complexity index is 1200. The van der Waals surface area contributed by atoms with Crippen LogP contribution in [0, 0.1) is 0 Å². The van der Waals surface area contributed by atoms with Gasteiger partial charge in [-0.05, 0) is 44.9 Å². The number of unbranched alkanes of at least 4 members (excludes halogenated alkanes) is 18. The van der Waals surface area contributed by atoms with E-state index in [2.05, 4.69) is 50.3 Å². The highest BCUT2D eigenvalue weighted by atomic mass is 32.2. The number of rotatable bonds is 36. The minimum absolute atomic E-state index is 0.146. The molecule has 6 atom stereocenters. The highest BCUT2D eigenvalue weighted by Gasteiger charge is 2.46. The largest absolute Gasteiger partial charge is 0.462 e. The summed E-state index contributed by atoms with van der Waals surface area (Å²) < 4.78 is 54.0. The molecule has 0 aliphatic carbocycles. The van der Waals surface area contributed by atoms with Gasteiger partial charge >= 0.3 is 11.9 Å². The molecule has 4 N–H and O–H groups in total. The van der Waals surface area contributed by atoms with E-state index in [-0.39, 0.29) is 19.4 Å². The lowest BCUT2D eigenvalue weighted by Crippen LogP contribution is -2.60. The maximum atomic E-state index is 12.8. The number of hydrogen-bond donors (Lipinski definition) is 4. The molecule has 1 aliphatic heterocycles. The molecule has 12 nitrogen and oxygen atoms in total. The van der Waals surface area contributed by atoms with Gasteiger partial charge in [-0.1, -0.05) is 153 Å². The van der Waals surface area contributed by atoms with Crippen molar-refractivity contribution in [1.82, 2.24) is 0 Å². The Labute approximate surface area is 344 Å². The van der Waals surface area contributed by atoms with Crippen LogP contribution in [0.3, 0.4) is 0 Å². The van der Waals surface area contributed by atoms with E-state index in [0.717, 1.165) is 70.6 Å². The van der Waals surface area contributed by atoms with Crippen molar-refractivity contribution in [2.75, 3.05) is 19.0 Å². The van der Waals surface area contributed by atoms with Gasteiger partial charge in [0.25, 0.3) is 10.1 Å². The molecule has 0 saturated carbocycles. The first-order valence-corrected chi connectivity index (χ1v) is 23.7. The molecule has 0 radical (unpaired) electrons. The molecular formula is C44H78O12S. The Kier molecular flexibility index (Phi) is 32.2. The molecule has 57 heavy (non-hydrogen) atoms. The molecule has 1 heterocycles. The summed E-state index contributed by atoms with van der Waals surface area (Å²) in [6.45, 7) is 3.63. The van der Waals surface area contributed by atoms with E-state index in [1.807, 2.05) is 0 Å². The monoisotopic (exact) mass is 831 g/mol. The van der Waals surface area contributed by atoms with E-state index < -0.39 is 71.2 Å². The predicted octanol–water partition coefficient (Wildman–Crippen LogP) is 8.61. The minimum atomic E-state index is -4.60. The zero-order valence-electron chi connectivity index (χ0n) is 35.2. The number of esters is 2. The number of hydrogen-bond acceptors (Lipinski definition) is 11. The summed E-state index contributed by atoms with van der Waals surface area (Å²) in [5.74, 6) is -2.00. The van der Waals surface area contributed by atoms with E-state index in [1.54, 1.807) is 0 Å². The van der Waals surface area contributed by atoms with Crippen molar-refractivity contribution in [3.05, 3.63) is 36.5 Å². The lowest BCUT2D eigenvalue weighted by Gasteiger charge is -2.40. The van der Waals surface area contributed by atoms with Crippen LogP contribution in [0.2, 0.25) is 0 Å². The summed E-state index contributed by atoms with van der Waals surface area (Å²) in [5.41, 5.74) is 0. The molecule has 0 aromatic heterocycles. The lowest BCUT2D eigenvalue weighted by molar-refractivity contribution is -0.297. The Morgan fingerprint density at radius 2 is 1.11 bits per heavy atom. The van der Waals surface area contributed by atoms with Crippen LogP contribution in [0.5, 0.6) is 0 Å². The quantitative estimate of drug-likeness (QED) is 0.0204. The third-order valence-corrected chi connectivity index (χ3v) is 10.7. The Morgan fingerprint density at radius 1 is 0.614 bits per heavy atom. The zero-order valence-corrected chi connectivity index (χ0v) is 36.0. The standard InChI is InChI=1S/C44H78O12S/c1-3-5-7-9-11-13-15-17-19-21-23-25-27-29-31-33-40(46)55-37(35-54-44-43(49)42(48)41(47)38(56-44)36-57(50,51)52)34-53-39(45)32-30-28-26-24-22-20-18-16-14-12-10-8-6-4-2/h5,7,11,13,17,19,37-38,41-44,47-49H,3-4,6,8-10,12,14-16,18,20-36H2,1-2H3,(H,50,51,52)/b7-5-,13-11-,19-17-. The summed E-state index contributed by atoms with van der Waals surface area (Å²) in [5, 5.41) is 30.8. The highest BCUT2D eigenvalue weighted by molar-refractivity contribution is 7.85. The topological polar surface area (TPSA) is 186 Å². The number of allylic oxidation sites excluding steroid dienone is 6. The molecule has 1 fully saturated rings. The number of ether oxygens (including phenoxy) is 4. The van der Waals surface area contributed by atoms with Gasteiger partial charge in [0.15, 0.2) is 12.4 Å². The van der Waals surface area contributed by atoms with Crippen LogP contribution in [0.25, 0.3) is 0 Å². The van der Waals surface area contributed by atoms with Gasteiger partial charge < -0.3 is 34.3 Å². The molecule has 0 aromatic rings. The van der Waals surface area contributed by atoms with Crippen molar-refractivity contribution in [3.63, 3.8) is 0 Å². The molecular weight excluding hydrogens is 753 g/mol. The third kappa shape index (κ3) is 29.7. The molecule has 0 amide bonds. The molecule has 1 rings (SSSR count). The van der Waals surface area contributed by atoms with Crippen molar-refractivity contribution in [1.29, 1.82) is 0 Å². The van der Waals surface area contributed by atoms with Crippen molar-refractivity contribution in [2.24, 2.45) is 0 Å². The van der Waals surface area contributed by atoms with Crippen molar-refractivity contribution < 1.29 is 56.8 Å². The maximum Gasteiger partial charge on any atom is 0.306 e. The fourth-order valence-electron chi connectivity index (χ4n) is 6.57. The summed E-state index contributed by atoms with van der Waals surface area (Å²) in [7, 11) is -4.60. The molecule has 13 heteroatoms. The van der Waals surface area contributed by atoms with Gasteiger partial charge in [0, 0.05) is 12.8 Å². The van der Waals surface area contributed by atoms with Gasteiger partial charge in [0.05, 0.1) is 6.61 Å². The van der Waals surface area contributed by atoms with Gasteiger partial charge in [-0.25, -0.2) is 0 Å². The molecule has 332 valence electrons. The molecule has 1 saturated heterocycles. The molecule has 0 spiro atoms. The van der Waals surface area contributed by atoms with Crippen molar-refractivity contribution in [3.8, 4) is 0 Å². The normalized spacial score (nSPS) is 20.8. The lowest BCUT2D eigenvalue weighted by atomic mass is 10.00. The van der Waals surface area contributed by atoms with Crippen molar-refractivity contribution >= 4 is 22.1 Å². The van der Waals surface area contributed by atoms with E-state index in [0.29, 0.717) is 12.8 Å². The molecule has 0 aromatic carbocycles. The van der Waals surface area contributed by atoms with E-state index in [9.17, 15) is 37.9 Å². The maximum absolute atomic E-state index is 12.8. The van der Waals surface area contributed by atoms with Crippen LogP contribution in [-0.4, -0.2) is 96.0 Å². The van der Waals surface area contributed by atoms with Crippen LogP contribution in [0.1, 0.15) is 174 Å². The highest BCUT2D eigenvalue weighted by Crippen LogP contribution is 2.24. The number of aliphatic hydroxyl groups is 3. The van der Waals surface area contributed by atoms with Gasteiger partial charge in [0.2, 0.25) is 0 Å². The van der Waals surface area contributed by atoms with E-state index in [1.165, 1.54) is 64.2 Å². The van der Waals surface area contributed by atoms with Crippen LogP contribution in [-0.2, 0) is 38.7 Å². The van der Waals surface area contributed by atoms with Crippen LogP contribution >= 0.6 is 0 Å².